The van der Waals surface area contributed by atoms with Crippen LogP contribution in [-0.2, 0) is 0 Å². The van der Waals surface area contributed by atoms with E-state index >= 15 is 0 Å². The minimum absolute atomic E-state index is 0.00632. The summed E-state index contributed by atoms with van der Waals surface area (Å²) in [7, 11) is 0. The second-order valence-corrected chi connectivity index (χ2v) is 5.30. The van der Waals surface area contributed by atoms with Gasteiger partial charge in [0.05, 0.1) is 6.10 Å². The summed E-state index contributed by atoms with van der Waals surface area (Å²) in [6.07, 6.45) is 16.0. The molecule has 0 unspecified atom stereocenters. The Bertz CT molecular complexity index is 312. The number of terminal acetylenes is 1. The second kappa shape index (κ2) is 3.68. The highest BCUT2D eigenvalue weighted by Crippen LogP contribution is 2.57. The summed E-state index contributed by atoms with van der Waals surface area (Å²) < 4.78 is 0. The van der Waals surface area contributed by atoms with Crippen LogP contribution in [0.3, 0.4) is 0 Å². The van der Waals surface area contributed by atoms with Crippen molar-refractivity contribution in [2.24, 2.45) is 10.8 Å². The largest absolute Gasteiger partial charge is 0.393 e. The van der Waals surface area contributed by atoms with E-state index in [0.717, 1.165) is 38.5 Å². The molecule has 1 fully saturated rings. The molecule has 15 heavy (non-hydrogen) atoms. The summed E-state index contributed by atoms with van der Waals surface area (Å²) >= 11 is 0. The van der Waals surface area contributed by atoms with Gasteiger partial charge in [-0.25, -0.2) is 0 Å². The third-order valence-electron chi connectivity index (χ3n) is 4.66. The van der Waals surface area contributed by atoms with Gasteiger partial charge in [0.1, 0.15) is 0 Å². The van der Waals surface area contributed by atoms with Gasteiger partial charge in [0.25, 0.3) is 0 Å². The Morgan fingerprint density at radius 2 is 2.33 bits per heavy atom. The quantitative estimate of drug-likeness (QED) is 0.514. The molecule has 0 radical (unpaired) electrons. The minimum atomic E-state index is -0.176. The van der Waals surface area contributed by atoms with E-state index in [-0.39, 0.29) is 16.9 Å². The predicted molar refractivity (Wildman–Crippen MR) is 62.2 cm³/mol. The van der Waals surface area contributed by atoms with Gasteiger partial charge < -0.3 is 5.11 Å². The summed E-state index contributed by atoms with van der Waals surface area (Å²) in [5.74, 6) is 2.81. The van der Waals surface area contributed by atoms with Crippen molar-refractivity contribution in [3.05, 3.63) is 12.2 Å². The zero-order valence-electron chi connectivity index (χ0n) is 9.50. The Morgan fingerprint density at radius 3 is 3.07 bits per heavy atom. The topological polar surface area (TPSA) is 20.2 Å². The van der Waals surface area contributed by atoms with Gasteiger partial charge in [0.2, 0.25) is 0 Å². The van der Waals surface area contributed by atoms with Crippen molar-refractivity contribution in [3.8, 4) is 12.3 Å². The van der Waals surface area contributed by atoms with Crippen LogP contribution in [0.4, 0.5) is 0 Å². The molecule has 0 saturated heterocycles. The van der Waals surface area contributed by atoms with Gasteiger partial charge in [-0.05, 0) is 32.1 Å². The van der Waals surface area contributed by atoms with E-state index < -0.39 is 0 Å². The van der Waals surface area contributed by atoms with E-state index in [2.05, 4.69) is 25.0 Å². The second-order valence-electron chi connectivity index (χ2n) is 5.30. The molecule has 1 saturated carbocycles. The van der Waals surface area contributed by atoms with Crippen LogP contribution in [0, 0.1) is 23.2 Å². The molecule has 0 aromatic carbocycles. The molecule has 0 heterocycles. The molecule has 2 aliphatic rings. The van der Waals surface area contributed by atoms with Gasteiger partial charge in [0, 0.05) is 17.3 Å². The average molecular weight is 204 g/mol. The zero-order valence-corrected chi connectivity index (χ0v) is 9.50. The van der Waals surface area contributed by atoms with Crippen LogP contribution >= 0.6 is 0 Å². The molecule has 3 atom stereocenters. The normalized spacial score (nSPS) is 44.5. The number of aliphatic hydroxyl groups excluding tert-OH is 1. The Labute approximate surface area is 92.6 Å². The Morgan fingerprint density at radius 1 is 1.53 bits per heavy atom. The van der Waals surface area contributed by atoms with Gasteiger partial charge >= 0.3 is 0 Å². The molecular formula is C14H20O. The number of aliphatic hydroxyl groups is 1. The first kappa shape index (κ1) is 10.8. The lowest BCUT2D eigenvalue weighted by Crippen LogP contribution is -2.51. The molecule has 1 N–H and O–H groups in total. The fraction of sp³-hybridized carbons (Fsp3) is 0.714. The van der Waals surface area contributed by atoms with Gasteiger partial charge in [-0.15, -0.1) is 12.3 Å². The standard InChI is InChI=1S/C14H20O/c1-3-8-14-10-5-4-9-13(14,2)12(15)7-6-11-14/h1,5,10,12,15H,4,6-9,11H2,2H3/t12-,13+,14-/m0/s1. The Balaban J connectivity index is 2.40. The monoisotopic (exact) mass is 204 g/mol. The molecule has 0 bridgehead atoms. The van der Waals surface area contributed by atoms with Gasteiger partial charge in [0.15, 0.2) is 0 Å². The zero-order chi connectivity index (χ0) is 10.9. The van der Waals surface area contributed by atoms with Gasteiger partial charge in [-0.2, -0.15) is 0 Å². The van der Waals surface area contributed by atoms with Crippen LogP contribution in [0.15, 0.2) is 12.2 Å². The molecule has 0 spiro atoms. The molecule has 0 aromatic rings. The minimum Gasteiger partial charge on any atom is -0.393 e. The van der Waals surface area contributed by atoms with Crippen molar-refractivity contribution >= 4 is 0 Å². The highest BCUT2D eigenvalue weighted by atomic mass is 16.3. The van der Waals surface area contributed by atoms with E-state index in [9.17, 15) is 5.11 Å². The smallest absolute Gasteiger partial charge is 0.0602 e. The number of hydrogen-bond acceptors (Lipinski definition) is 1. The van der Waals surface area contributed by atoms with Crippen LogP contribution < -0.4 is 0 Å². The lowest BCUT2D eigenvalue weighted by atomic mass is 9.51. The highest BCUT2D eigenvalue weighted by Gasteiger charge is 2.52. The third-order valence-corrected chi connectivity index (χ3v) is 4.66. The fourth-order valence-corrected chi connectivity index (χ4v) is 3.46. The molecule has 0 aliphatic heterocycles. The van der Waals surface area contributed by atoms with E-state index in [0.29, 0.717) is 0 Å². The summed E-state index contributed by atoms with van der Waals surface area (Å²) in [4.78, 5) is 0. The van der Waals surface area contributed by atoms with Crippen molar-refractivity contribution in [2.45, 2.75) is 51.6 Å². The van der Waals surface area contributed by atoms with Crippen LogP contribution in [0.2, 0.25) is 0 Å². The Hall–Kier alpha value is -0.740. The number of allylic oxidation sites excluding steroid dienone is 2. The molecule has 2 aliphatic carbocycles. The van der Waals surface area contributed by atoms with Gasteiger partial charge in [-0.3, -0.25) is 0 Å². The first-order valence-corrected chi connectivity index (χ1v) is 5.94. The molecule has 1 heteroatoms. The molecule has 82 valence electrons. The Kier molecular flexibility index (Phi) is 2.64. The average Bonchev–Trinajstić information content (AvgIpc) is 2.21. The molecular weight excluding hydrogens is 184 g/mol. The molecule has 1 nitrogen and oxygen atoms in total. The third kappa shape index (κ3) is 1.43. The lowest BCUT2D eigenvalue weighted by Gasteiger charge is -2.54. The summed E-state index contributed by atoms with van der Waals surface area (Å²) in [6.45, 7) is 2.22. The highest BCUT2D eigenvalue weighted by molar-refractivity contribution is 5.19. The first-order chi connectivity index (χ1) is 7.15. The van der Waals surface area contributed by atoms with Crippen LogP contribution in [0.25, 0.3) is 0 Å². The van der Waals surface area contributed by atoms with Crippen molar-refractivity contribution < 1.29 is 5.11 Å². The number of fused-ring (bicyclic) bond motifs is 1. The summed E-state index contributed by atoms with van der Waals surface area (Å²) in [5, 5.41) is 10.3. The maximum atomic E-state index is 10.3. The fourth-order valence-electron chi connectivity index (χ4n) is 3.46. The maximum Gasteiger partial charge on any atom is 0.0602 e. The summed E-state index contributed by atoms with van der Waals surface area (Å²) in [5.41, 5.74) is 0.0734. The van der Waals surface area contributed by atoms with E-state index in [4.69, 9.17) is 6.42 Å². The number of hydrogen-bond donors (Lipinski definition) is 1. The molecule has 2 rings (SSSR count). The number of rotatable bonds is 1. The SMILES string of the molecule is C#CC[C@@]12C=CCC[C@]1(C)[C@@H](O)CCC2. The predicted octanol–water partition coefficient (Wildman–Crippen LogP) is 2.90. The van der Waals surface area contributed by atoms with Crippen LogP contribution in [-0.4, -0.2) is 11.2 Å². The van der Waals surface area contributed by atoms with Crippen LogP contribution in [0.5, 0.6) is 0 Å². The van der Waals surface area contributed by atoms with Crippen molar-refractivity contribution in [2.75, 3.05) is 0 Å². The maximum absolute atomic E-state index is 10.3. The lowest BCUT2D eigenvalue weighted by molar-refractivity contribution is -0.0862. The molecule has 0 aromatic heterocycles. The van der Waals surface area contributed by atoms with Crippen molar-refractivity contribution in [1.82, 2.24) is 0 Å². The van der Waals surface area contributed by atoms with E-state index in [1.165, 1.54) is 0 Å². The summed E-state index contributed by atoms with van der Waals surface area (Å²) in [6, 6.07) is 0. The van der Waals surface area contributed by atoms with Crippen molar-refractivity contribution in [3.63, 3.8) is 0 Å². The van der Waals surface area contributed by atoms with E-state index in [1.54, 1.807) is 0 Å². The van der Waals surface area contributed by atoms with Crippen molar-refractivity contribution in [1.29, 1.82) is 0 Å². The van der Waals surface area contributed by atoms with E-state index in [1.807, 2.05) is 0 Å². The molecule has 0 amide bonds. The first-order valence-electron chi connectivity index (χ1n) is 5.94. The van der Waals surface area contributed by atoms with Crippen LogP contribution in [0.1, 0.15) is 45.4 Å². The van der Waals surface area contributed by atoms with Gasteiger partial charge in [-0.1, -0.05) is 19.1 Å².